The summed E-state index contributed by atoms with van der Waals surface area (Å²) in [5.74, 6) is 1.43. The van der Waals surface area contributed by atoms with Crippen molar-refractivity contribution in [1.82, 2.24) is 25.6 Å². The average molecular weight is 430 g/mol. The van der Waals surface area contributed by atoms with Crippen molar-refractivity contribution in [2.24, 2.45) is 7.05 Å². The molecular weight excluding hydrogens is 410 g/mol. The number of ether oxygens (including phenoxy) is 1. The highest BCUT2D eigenvalue weighted by Gasteiger charge is 2.13. The molecule has 7 nitrogen and oxygen atoms in total. The summed E-state index contributed by atoms with van der Waals surface area (Å²) in [6.45, 7) is 3.92. The van der Waals surface area contributed by atoms with E-state index in [0.717, 1.165) is 16.9 Å². The number of hydrazine groups is 1. The maximum atomic E-state index is 12.2. The summed E-state index contributed by atoms with van der Waals surface area (Å²) in [5, 5.41) is 9.65. The molecule has 2 aromatic carbocycles. The van der Waals surface area contributed by atoms with Crippen LogP contribution in [0.3, 0.4) is 0 Å². The van der Waals surface area contributed by atoms with E-state index in [9.17, 15) is 4.79 Å². The Morgan fingerprint density at radius 3 is 2.48 bits per heavy atom. The molecule has 2 N–H and O–H groups in total. The molecule has 29 heavy (non-hydrogen) atoms. The third-order valence-electron chi connectivity index (χ3n) is 4.06. The molecule has 9 heteroatoms. The number of benzene rings is 2. The number of aromatic nitrogens is 3. The Kier molecular flexibility index (Phi) is 6.79. The van der Waals surface area contributed by atoms with E-state index in [0.29, 0.717) is 21.7 Å². The zero-order valence-electron chi connectivity index (χ0n) is 16.0. The molecule has 0 spiro atoms. The Hall–Kier alpha value is -2.97. The van der Waals surface area contributed by atoms with Gasteiger partial charge in [0.25, 0.3) is 0 Å². The lowest BCUT2D eigenvalue weighted by Crippen LogP contribution is -2.37. The Morgan fingerprint density at radius 2 is 1.83 bits per heavy atom. The number of rotatable bonds is 8. The number of carbonyl (C=O) groups excluding carboxylic acids is 1. The van der Waals surface area contributed by atoms with E-state index in [4.69, 9.17) is 16.3 Å². The number of nitrogens with zero attached hydrogens (tertiary/aromatic N) is 3. The Bertz CT molecular complexity index is 1000. The van der Waals surface area contributed by atoms with Crippen LogP contribution >= 0.6 is 23.4 Å². The van der Waals surface area contributed by atoms with Crippen molar-refractivity contribution in [3.63, 3.8) is 0 Å². The Morgan fingerprint density at radius 1 is 1.14 bits per heavy atom. The molecule has 1 aromatic heterocycles. The molecule has 150 valence electrons. The van der Waals surface area contributed by atoms with Crippen LogP contribution in [0, 0.1) is 0 Å². The average Bonchev–Trinajstić information content (AvgIpc) is 3.11. The van der Waals surface area contributed by atoms with Crippen LogP contribution in [0.5, 0.6) is 5.75 Å². The van der Waals surface area contributed by atoms with Crippen LogP contribution in [0.15, 0.2) is 60.3 Å². The van der Waals surface area contributed by atoms with Crippen LogP contribution in [0.2, 0.25) is 5.02 Å². The van der Waals surface area contributed by atoms with Crippen LogP contribution in [0.25, 0.3) is 17.1 Å². The minimum Gasteiger partial charge on any atom is -0.497 e. The largest absolute Gasteiger partial charge is 0.497 e. The molecule has 0 bridgehead atoms. The first-order valence-electron chi connectivity index (χ1n) is 8.64. The number of nitrogens with one attached hydrogen (secondary N) is 2. The fraction of sp³-hybridized carbons (Fsp3) is 0.150. The molecule has 1 heterocycles. The fourth-order valence-corrected chi connectivity index (χ4v) is 3.30. The third-order valence-corrected chi connectivity index (χ3v) is 5.33. The van der Waals surface area contributed by atoms with E-state index >= 15 is 0 Å². The van der Waals surface area contributed by atoms with Gasteiger partial charge in [-0.2, -0.15) is 0 Å². The smallest absolute Gasteiger partial charge is 0.248 e. The molecule has 0 saturated heterocycles. The zero-order chi connectivity index (χ0) is 20.8. The second-order valence-corrected chi connectivity index (χ2v) is 7.42. The van der Waals surface area contributed by atoms with E-state index in [2.05, 4.69) is 27.6 Å². The molecule has 0 saturated carbocycles. The van der Waals surface area contributed by atoms with Gasteiger partial charge < -0.3 is 9.30 Å². The molecule has 0 fully saturated rings. The number of hydrogen-bond donors (Lipinski definition) is 2. The SMILES string of the molecule is C=C(NNC(=O)CSc1nnc(-c2ccc(Cl)cc2)n1C)c1ccc(OC)cc1. The van der Waals surface area contributed by atoms with Crippen molar-refractivity contribution in [2.75, 3.05) is 12.9 Å². The molecule has 0 aliphatic heterocycles. The summed E-state index contributed by atoms with van der Waals surface area (Å²) < 4.78 is 6.96. The second-order valence-electron chi connectivity index (χ2n) is 6.04. The Labute approximate surface area is 178 Å². The lowest BCUT2D eigenvalue weighted by atomic mass is 10.2. The predicted octanol–water partition coefficient (Wildman–Crippen LogP) is 3.53. The van der Waals surface area contributed by atoms with Gasteiger partial charge in [0, 0.05) is 17.6 Å². The molecule has 3 rings (SSSR count). The van der Waals surface area contributed by atoms with E-state index in [-0.39, 0.29) is 11.7 Å². The van der Waals surface area contributed by atoms with Crippen molar-refractivity contribution in [3.05, 3.63) is 65.7 Å². The highest BCUT2D eigenvalue weighted by atomic mass is 35.5. The normalized spacial score (nSPS) is 10.4. The van der Waals surface area contributed by atoms with Crippen LogP contribution in [-0.2, 0) is 11.8 Å². The van der Waals surface area contributed by atoms with Crippen molar-refractivity contribution in [2.45, 2.75) is 5.16 Å². The lowest BCUT2D eigenvalue weighted by Gasteiger charge is -2.11. The summed E-state index contributed by atoms with van der Waals surface area (Å²) in [4.78, 5) is 12.2. The van der Waals surface area contributed by atoms with Gasteiger partial charge in [0.15, 0.2) is 11.0 Å². The first-order valence-corrected chi connectivity index (χ1v) is 10.0. The van der Waals surface area contributed by atoms with E-state index < -0.39 is 0 Å². The minimum atomic E-state index is -0.208. The van der Waals surface area contributed by atoms with Crippen molar-refractivity contribution >= 4 is 35.0 Å². The highest BCUT2D eigenvalue weighted by molar-refractivity contribution is 7.99. The lowest BCUT2D eigenvalue weighted by molar-refractivity contribution is -0.119. The number of carbonyl (C=O) groups is 1. The standard InChI is InChI=1S/C20H20ClN5O2S/c1-13(14-6-10-17(28-3)11-7-14)22-23-18(27)12-29-20-25-24-19(26(20)2)15-4-8-16(21)9-5-15/h4-11,22H,1,12H2,2-3H3,(H,23,27). The maximum absolute atomic E-state index is 12.2. The molecule has 0 aliphatic rings. The number of hydrogen-bond acceptors (Lipinski definition) is 6. The van der Waals surface area contributed by atoms with E-state index in [1.54, 1.807) is 19.2 Å². The van der Waals surface area contributed by atoms with Crippen LogP contribution in [0.1, 0.15) is 5.56 Å². The first-order chi connectivity index (χ1) is 14.0. The summed E-state index contributed by atoms with van der Waals surface area (Å²) in [5.41, 5.74) is 7.78. The monoisotopic (exact) mass is 429 g/mol. The van der Waals surface area contributed by atoms with Gasteiger partial charge in [0.05, 0.1) is 18.6 Å². The van der Waals surface area contributed by atoms with E-state index in [1.165, 1.54) is 11.8 Å². The van der Waals surface area contributed by atoms with Gasteiger partial charge in [-0.15, -0.1) is 10.2 Å². The molecule has 0 unspecified atom stereocenters. The number of amides is 1. The predicted molar refractivity (Wildman–Crippen MR) is 115 cm³/mol. The number of halogens is 1. The fourth-order valence-electron chi connectivity index (χ4n) is 2.47. The number of thioether (sulfide) groups is 1. The topological polar surface area (TPSA) is 81.1 Å². The summed E-state index contributed by atoms with van der Waals surface area (Å²) in [6, 6.07) is 14.7. The second kappa shape index (κ2) is 9.49. The Balaban J connectivity index is 1.51. The summed E-state index contributed by atoms with van der Waals surface area (Å²) in [7, 11) is 3.46. The van der Waals surface area contributed by atoms with Crippen LogP contribution < -0.4 is 15.6 Å². The molecule has 0 aliphatic carbocycles. The minimum absolute atomic E-state index is 0.176. The van der Waals surface area contributed by atoms with Gasteiger partial charge >= 0.3 is 0 Å². The van der Waals surface area contributed by atoms with Crippen LogP contribution in [-0.4, -0.2) is 33.5 Å². The highest BCUT2D eigenvalue weighted by Crippen LogP contribution is 2.23. The summed E-state index contributed by atoms with van der Waals surface area (Å²) >= 11 is 7.22. The van der Waals surface area contributed by atoms with Crippen molar-refractivity contribution in [1.29, 1.82) is 0 Å². The third kappa shape index (κ3) is 5.30. The van der Waals surface area contributed by atoms with E-state index in [1.807, 2.05) is 48.0 Å². The molecule has 1 amide bonds. The van der Waals surface area contributed by atoms with Gasteiger partial charge in [-0.05, 0) is 54.1 Å². The van der Waals surface area contributed by atoms with Crippen molar-refractivity contribution < 1.29 is 9.53 Å². The summed E-state index contributed by atoms with van der Waals surface area (Å²) in [6.07, 6.45) is 0. The number of methoxy groups -OCH3 is 1. The van der Waals surface area contributed by atoms with Gasteiger partial charge in [-0.25, -0.2) is 0 Å². The van der Waals surface area contributed by atoms with Gasteiger partial charge in [0.1, 0.15) is 5.75 Å². The molecule has 0 radical (unpaired) electrons. The van der Waals surface area contributed by atoms with Crippen LogP contribution in [0.4, 0.5) is 0 Å². The quantitative estimate of drug-likeness (QED) is 0.421. The van der Waals surface area contributed by atoms with Gasteiger partial charge in [-0.3, -0.25) is 15.6 Å². The first kappa shape index (κ1) is 20.8. The van der Waals surface area contributed by atoms with Gasteiger partial charge in [-0.1, -0.05) is 29.9 Å². The maximum Gasteiger partial charge on any atom is 0.248 e. The molecule has 0 atom stereocenters. The molecular formula is C20H20ClN5O2S. The van der Waals surface area contributed by atoms with Gasteiger partial charge in [0.2, 0.25) is 5.91 Å². The molecule has 3 aromatic rings. The zero-order valence-corrected chi connectivity index (χ0v) is 17.5. The van der Waals surface area contributed by atoms with Crippen molar-refractivity contribution in [3.8, 4) is 17.1 Å².